The Labute approximate surface area is 121 Å². The number of hydrogen-bond donors (Lipinski definition) is 2. The van der Waals surface area contributed by atoms with E-state index in [0.29, 0.717) is 0 Å². The fraction of sp³-hybridized carbons (Fsp3) is 0.714. The number of nitrogens with one attached hydrogen (secondary N) is 2. The van der Waals surface area contributed by atoms with Crippen molar-refractivity contribution in [3.8, 4) is 0 Å². The molecule has 108 valence electrons. The second kappa shape index (κ2) is 7.58. The first kappa shape index (κ1) is 16.1. The van der Waals surface area contributed by atoms with E-state index in [2.05, 4.69) is 54.6 Å². The van der Waals surface area contributed by atoms with E-state index in [1.54, 1.807) is 0 Å². The molecule has 0 aromatic carbocycles. The Morgan fingerprint density at radius 1 is 1.16 bits per heavy atom. The molecule has 1 heterocycles. The minimum Gasteiger partial charge on any atom is -0.370 e. The minimum absolute atomic E-state index is 0.203. The first-order valence-electron chi connectivity index (χ1n) is 6.91. The van der Waals surface area contributed by atoms with Crippen LogP contribution in [0.3, 0.4) is 0 Å². The molecule has 19 heavy (non-hydrogen) atoms. The van der Waals surface area contributed by atoms with Crippen LogP contribution < -0.4 is 10.6 Å². The smallest absolute Gasteiger partial charge is 0.133 e. The monoisotopic (exact) mass is 282 g/mol. The molecule has 0 radical (unpaired) electrons. The predicted octanol–water partition coefficient (Wildman–Crippen LogP) is 3.41. The van der Waals surface area contributed by atoms with Crippen LogP contribution in [-0.4, -0.2) is 34.1 Å². The summed E-state index contributed by atoms with van der Waals surface area (Å²) < 4.78 is 0.203. The van der Waals surface area contributed by atoms with Gasteiger partial charge in [-0.15, -0.1) is 0 Å². The standard InChI is InChI=1S/C14H26N4S/c1-6-8-11-17-12(15-7-2)9-13(18-11)16-10-14(3,4)19-5/h9H,6-8,10H2,1-5H3,(H2,15,16,17,18). The summed E-state index contributed by atoms with van der Waals surface area (Å²) in [7, 11) is 0. The second-order valence-electron chi connectivity index (χ2n) is 5.15. The Bertz CT molecular complexity index is 369. The van der Waals surface area contributed by atoms with Gasteiger partial charge in [0.25, 0.3) is 0 Å². The third-order valence-corrected chi connectivity index (χ3v) is 4.10. The zero-order valence-corrected chi connectivity index (χ0v) is 13.5. The first-order valence-corrected chi connectivity index (χ1v) is 8.14. The van der Waals surface area contributed by atoms with Gasteiger partial charge in [0.15, 0.2) is 0 Å². The van der Waals surface area contributed by atoms with E-state index in [4.69, 9.17) is 0 Å². The molecular formula is C14H26N4S. The zero-order valence-electron chi connectivity index (χ0n) is 12.7. The highest BCUT2D eigenvalue weighted by molar-refractivity contribution is 7.99. The van der Waals surface area contributed by atoms with Crippen LogP contribution in [0.15, 0.2) is 6.07 Å². The van der Waals surface area contributed by atoms with E-state index in [9.17, 15) is 0 Å². The molecule has 0 aliphatic heterocycles. The van der Waals surface area contributed by atoms with E-state index in [1.165, 1.54) is 0 Å². The van der Waals surface area contributed by atoms with Crippen LogP contribution >= 0.6 is 11.8 Å². The van der Waals surface area contributed by atoms with Gasteiger partial charge >= 0.3 is 0 Å². The lowest BCUT2D eigenvalue weighted by molar-refractivity contribution is 0.746. The number of aromatic nitrogens is 2. The van der Waals surface area contributed by atoms with Crippen LogP contribution in [0.5, 0.6) is 0 Å². The molecule has 1 aromatic heterocycles. The Hall–Kier alpha value is -0.970. The summed E-state index contributed by atoms with van der Waals surface area (Å²) in [5.74, 6) is 2.73. The van der Waals surface area contributed by atoms with Gasteiger partial charge in [0, 0.05) is 30.3 Å². The van der Waals surface area contributed by atoms with Crippen molar-refractivity contribution in [2.75, 3.05) is 30.0 Å². The van der Waals surface area contributed by atoms with E-state index >= 15 is 0 Å². The highest BCUT2D eigenvalue weighted by atomic mass is 32.2. The maximum atomic E-state index is 4.57. The number of hydrogen-bond acceptors (Lipinski definition) is 5. The molecule has 0 atom stereocenters. The molecule has 0 saturated heterocycles. The average molecular weight is 282 g/mol. The van der Waals surface area contributed by atoms with Crippen LogP contribution in [0, 0.1) is 0 Å². The van der Waals surface area contributed by atoms with Crippen molar-refractivity contribution in [1.29, 1.82) is 0 Å². The van der Waals surface area contributed by atoms with Crippen molar-refractivity contribution in [2.24, 2.45) is 0 Å². The van der Waals surface area contributed by atoms with Gasteiger partial charge in [-0.3, -0.25) is 0 Å². The van der Waals surface area contributed by atoms with E-state index in [-0.39, 0.29) is 4.75 Å². The third kappa shape index (κ3) is 5.68. The van der Waals surface area contributed by atoms with E-state index in [0.717, 1.165) is 43.4 Å². The lowest BCUT2D eigenvalue weighted by Crippen LogP contribution is -2.26. The number of aryl methyl sites for hydroxylation is 1. The number of rotatable bonds is 8. The van der Waals surface area contributed by atoms with Gasteiger partial charge in [0.2, 0.25) is 0 Å². The lowest BCUT2D eigenvalue weighted by Gasteiger charge is -2.22. The van der Waals surface area contributed by atoms with Crippen LogP contribution in [0.25, 0.3) is 0 Å². The summed E-state index contributed by atoms with van der Waals surface area (Å²) in [4.78, 5) is 9.08. The molecule has 1 aromatic rings. The Kier molecular flexibility index (Phi) is 6.42. The molecular weight excluding hydrogens is 256 g/mol. The normalized spacial score (nSPS) is 11.4. The van der Waals surface area contributed by atoms with Crippen molar-refractivity contribution in [1.82, 2.24) is 9.97 Å². The van der Waals surface area contributed by atoms with Gasteiger partial charge in [0.05, 0.1) is 0 Å². The van der Waals surface area contributed by atoms with Crippen molar-refractivity contribution >= 4 is 23.4 Å². The van der Waals surface area contributed by atoms with Gasteiger partial charge < -0.3 is 10.6 Å². The van der Waals surface area contributed by atoms with Crippen LogP contribution in [0.4, 0.5) is 11.6 Å². The highest BCUT2D eigenvalue weighted by Gasteiger charge is 2.16. The molecule has 0 aliphatic carbocycles. The van der Waals surface area contributed by atoms with Crippen molar-refractivity contribution < 1.29 is 0 Å². The molecule has 0 fully saturated rings. The SMILES string of the molecule is CCCc1nc(NCC)cc(NCC(C)(C)SC)n1. The summed E-state index contributed by atoms with van der Waals surface area (Å²) in [6.45, 7) is 10.4. The third-order valence-electron chi connectivity index (χ3n) is 2.85. The van der Waals surface area contributed by atoms with Gasteiger partial charge in [-0.25, -0.2) is 9.97 Å². The van der Waals surface area contributed by atoms with Gasteiger partial charge in [0.1, 0.15) is 17.5 Å². The van der Waals surface area contributed by atoms with Crippen molar-refractivity contribution in [3.63, 3.8) is 0 Å². The quantitative estimate of drug-likeness (QED) is 0.765. The number of anilines is 2. The fourth-order valence-electron chi connectivity index (χ4n) is 1.57. The summed E-state index contributed by atoms with van der Waals surface area (Å²) in [5.41, 5.74) is 0. The number of thioether (sulfide) groups is 1. The predicted molar refractivity (Wildman–Crippen MR) is 86.3 cm³/mol. The summed E-state index contributed by atoms with van der Waals surface area (Å²) in [6.07, 6.45) is 4.11. The first-order chi connectivity index (χ1) is 9.00. The minimum atomic E-state index is 0.203. The van der Waals surface area contributed by atoms with Gasteiger partial charge in [-0.1, -0.05) is 6.92 Å². The Morgan fingerprint density at radius 2 is 1.79 bits per heavy atom. The Balaban J connectivity index is 2.80. The molecule has 0 unspecified atom stereocenters. The Morgan fingerprint density at radius 3 is 2.32 bits per heavy atom. The maximum Gasteiger partial charge on any atom is 0.133 e. The molecule has 0 aliphatic rings. The van der Waals surface area contributed by atoms with Gasteiger partial charge in [-0.2, -0.15) is 11.8 Å². The lowest BCUT2D eigenvalue weighted by atomic mass is 10.2. The van der Waals surface area contributed by atoms with Crippen LogP contribution in [0.2, 0.25) is 0 Å². The number of nitrogens with zero attached hydrogens (tertiary/aromatic N) is 2. The van der Waals surface area contributed by atoms with E-state index < -0.39 is 0 Å². The summed E-state index contributed by atoms with van der Waals surface area (Å²) in [6, 6.07) is 1.99. The topological polar surface area (TPSA) is 49.8 Å². The molecule has 4 nitrogen and oxygen atoms in total. The molecule has 0 amide bonds. The molecule has 0 saturated carbocycles. The average Bonchev–Trinajstić information content (AvgIpc) is 2.37. The van der Waals surface area contributed by atoms with Crippen LogP contribution in [-0.2, 0) is 6.42 Å². The largest absolute Gasteiger partial charge is 0.370 e. The second-order valence-corrected chi connectivity index (χ2v) is 6.67. The fourth-order valence-corrected chi connectivity index (χ4v) is 1.79. The highest BCUT2D eigenvalue weighted by Crippen LogP contribution is 2.22. The van der Waals surface area contributed by atoms with Gasteiger partial charge in [-0.05, 0) is 33.4 Å². The van der Waals surface area contributed by atoms with Crippen LogP contribution in [0.1, 0.15) is 39.9 Å². The summed E-state index contributed by atoms with van der Waals surface area (Å²) >= 11 is 1.85. The molecule has 2 N–H and O–H groups in total. The van der Waals surface area contributed by atoms with Crippen molar-refractivity contribution in [2.45, 2.75) is 45.3 Å². The molecule has 0 spiro atoms. The zero-order chi connectivity index (χ0) is 14.3. The van der Waals surface area contributed by atoms with E-state index in [1.807, 2.05) is 17.8 Å². The maximum absolute atomic E-state index is 4.57. The molecule has 5 heteroatoms. The molecule has 1 rings (SSSR count). The van der Waals surface area contributed by atoms with Crippen molar-refractivity contribution in [3.05, 3.63) is 11.9 Å². The summed E-state index contributed by atoms with van der Waals surface area (Å²) in [5, 5.41) is 6.68. The molecule has 0 bridgehead atoms.